The topological polar surface area (TPSA) is 85.0 Å². The number of aromatic nitrogens is 3. The second kappa shape index (κ2) is 4.47. The summed E-state index contributed by atoms with van der Waals surface area (Å²) in [7, 11) is 0. The minimum Gasteiger partial charge on any atom is -0.368 e. The molecule has 19 heavy (non-hydrogen) atoms. The number of hydrogen-bond acceptors (Lipinski definition) is 5. The Morgan fingerprint density at radius 2 is 2.05 bits per heavy atom. The molecule has 0 fully saturated rings. The molecule has 2 aromatic heterocycles. The maximum absolute atomic E-state index is 12.0. The number of carbonyl (C=O) groups is 1. The first-order valence-electron chi connectivity index (χ1n) is 5.66. The van der Waals surface area contributed by atoms with Crippen molar-refractivity contribution in [3.63, 3.8) is 0 Å². The summed E-state index contributed by atoms with van der Waals surface area (Å²) in [5.41, 5.74) is 7.17. The Morgan fingerprint density at radius 3 is 2.79 bits per heavy atom. The molecule has 1 amide bonds. The van der Waals surface area contributed by atoms with E-state index in [2.05, 4.69) is 15.0 Å². The summed E-state index contributed by atoms with van der Waals surface area (Å²) in [5.74, 6) is 0.506. The van der Waals surface area contributed by atoms with Crippen LogP contribution < -0.4 is 10.6 Å². The van der Waals surface area contributed by atoms with Gasteiger partial charge in [-0.25, -0.2) is 4.98 Å². The number of amides is 1. The molecule has 2 aromatic rings. The zero-order valence-electron chi connectivity index (χ0n) is 9.88. The van der Waals surface area contributed by atoms with Crippen molar-refractivity contribution >= 4 is 29.3 Å². The number of fused-ring (bicyclic) bond motifs is 1. The normalized spacial score (nSPS) is 13.7. The number of nitrogen functional groups attached to an aromatic ring is 1. The maximum atomic E-state index is 12.0. The molecule has 3 rings (SSSR count). The Hall–Kier alpha value is -2.21. The molecule has 1 aliphatic rings. The van der Waals surface area contributed by atoms with Crippen molar-refractivity contribution in [2.24, 2.45) is 0 Å². The number of halogens is 1. The highest BCUT2D eigenvalue weighted by atomic mass is 35.5. The Kier molecular flexibility index (Phi) is 2.79. The van der Waals surface area contributed by atoms with E-state index in [1.165, 1.54) is 0 Å². The molecule has 7 heteroatoms. The first-order chi connectivity index (χ1) is 9.15. The van der Waals surface area contributed by atoms with Gasteiger partial charge in [0, 0.05) is 18.0 Å². The van der Waals surface area contributed by atoms with Crippen LogP contribution in [0.2, 0.25) is 5.15 Å². The second-order valence-corrected chi connectivity index (χ2v) is 4.54. The number of nitrogens with zero attached hydrogens (tertiary/aromatic N) is 4. The van der Waals surface area contributed by atoms with Gasteiger partial charge in [-0.3, -0.25) is 14.7 Å². The van der Waals surface area contributed by atoms with E-state index in [0.717, 1.165) is 5.56 Å². The van der Waals surface area contributed by atoms with E-state index in [1.54, 1.807) is 17.3 Å². The monoisotopic (exact) mass is 275 g/mol. The van der Waals surface area contributed by atoms with E-state index < -0.39 is 0 Å². The van der Waals surface area contributed by atoms with Crippen LogP contribution in [0.4, 0.5) is 11.8 Å². The molecule has 0 radical (unpaired) electrons. The highest BCUT2D eigenvalue weighted by Crippen LogP contribution is 2.32. The van der Waals surface area contributed by atoms with Gasteiger partial charge in [0.1, 0.15) is 11.0 Å². The SMILES string of the molecule is Nc1nc(Cl)c2c(n1)N(Cc1ccncc1)C(=O)C2. The molecule has 0 saturated carbocycles. The minimum absolute atomic E-state index is 0.0615. The number of hydrogen-bond donors (Lipinski definition) is 1. The van der Waals surface area contributed by atoms with Crippen LogP contribution in [-0.2, 0) is 17.8 Å². The third-order valence-electron chi connectivity index (χ3n) is 2.93. The van der Waals surface area contributed by atoms with E-state index >= 15 is 0 Å². The van der Waals surface area contributed by atoms with Gasteiger partial charge in [-0.05, 0) is 17.7 Å². The number of nitrogens with two attached hydrogens (primary N) is 1. The van der Waals surface area contributed by atoms with Gasteiger partial charge in [0.25, 0.3) is 0 Å². The predicted molar refractivity (Wildman–Crippen MR) is 70.6 cm³/mol. The van der Waals surface area contributed by atoms with Crippen LogP contribution in [0, 0.1) is 0 Å². The molecule has 0 saturated heterocycles. The van der Waals surface area contributed by atoms with Gasteiger partial charge < -0.3 is 5.73 Å². The predicted octanol–water partition coefficient (Wildman–Crippen LogP) is 1.20. The summed E-state index contributed by atoms with van der Waals surface area (Å²) in [4.78, 5) is 25.5. The van der Waals surface area contributed by atoms with Crippen molar-refractivity contribution in [2.45, 2.75) is 13.0 Å². The molecular formula is C12H10ClN5O. The quantitative estimate of drug-likeness (QED) is 0.832. The van der Waals surface area contributed by atoms with E-state index in [1.807, 2.05) is 12.1 Å². The van der Waals surface area contributed by atoms with Gasteiger partial charge in [-0.2, -0.15) is 4.98 Å². The zero-order chi connectivity index (χ0) is 13.4. The molecule has 6 nitrogen and oxygen atoms in total. The lowest BCUT2D eigenvalue weighted by molar-refractivity contribution is -0.117. The van der Waals surface area contributed by atoms with Crippen molar-refractivity contribution in [3.05, 3.63) is 40.8 Å². The molecule has 0 atom stereocenters. The Morgan fingerprint density at radius 1 is 1.32 bits per heavy atom. The standard InChI is InChI=1S/C12H10ClN5O/c13-10-8-5-9(19)18(11(8)17-12(14)16-10)6-7-1-3-15-4-2-7/h1-4H,5-6H2,(H2,14,16,17). The summed E-state index contributed by atoms with van der Waals surface area (Å²) < 4.78 is 0. The maximum Gasteiger partial charge on any atom is 0.233 e. The van der Waals surface area contributed by atoms with Crippen molar-refractivity contribution in [3.8, 4) is 0 Å². The number of carbonyl (C=O) groups excluding carboxylic acids is 1. The molecule has 0 aromatic carbocycles. The van der Waals surface area contributed by atoms with Gasteiger partial charge in [-0.15, -0.1) is 0 Å². The molecular weight excluding hydrogens is 266 g/mol. The summed E-state index contributed by atoms with van der Waals surface area (Å²) in [6.07, 6.45) is 3.57. The first-order valence-corrected chi connectivity index (χ1v) is 6.04. The molecule has 1 aliphatic heterocycles. The Labute approximate surface area is 114 Å². The molecule has 0 aliphatic carbocycles. The fourth-order valence-corrected chi connectivity index (χ4v) is 2.27. The van der Waals surface area contributed by atoms with Crippen molar-refractivity contribution in [1.29, 1.82) is 0 Å². The highest BCUT2D eigenvalue weighted by molar-refractivity contribution is 6.31. The fourth-order valence-electron chi connectivity index (χ4n) is 2.04. The van der Waals surface area contributed by atoms with Crippen molar-refractivity contribution < 1.29 is 4.79 Å². The van der Waals surface area contributed by atoms with Crippen LogP contribution in [0.1, 0.15) is 11.1 Å². The molecule has 3 heterocycles. The van der Waals surface area contributed by atoms with Gasteiger partial charge in [-0.1, -0.05) is 11.6 Å². The molecule has 0 spiro atoms. The average Bonchev–Trinajstić information content (AvgIpc) is 2.69. The van der Waals surface area contributed by atoms with Crippen molar-refractivity contribution in [1.82, 2.24) is 15.0 Å². The van der Waals surface area contributed by atoms with Crippen LogP contribution >= 0.6 is 11.6 Å². The summed E-state index contributed by atoms with van der Waals surface area (Å²) in [6.45, 7) is 0.418. The van der Waals surface area contributed by atoms with Crippen LogP contribution in [0.5, 0.6) is 0 Å². The van der Waals surface area contributed by atoms with E-state index in [9.17, 15) is 4.79 Å². The van der Waals surface area contributed by atoms with E-state index in [4.69, 9.17) is 17.3 Å². The molecule has 0 unspecified atom stereocenters. The lowest BCUT2D eigenvalue weighted by Gasteiger charge is -2.16. The second-order valence-electron chi connectivity index (χ2n) is 4.19. The summed E-state index contributed by atoms with van der Waals surface area (Å²) >= 11 is 5.99. The van der Waals surface area contributed by atoms with Crippen LogP contribution in [0.3, 0.4) is 0 Å². The first kappa shape index (κ1) is 11.9. The zero-order valence-corrected chi connectivity index (χ0v) is 10.6. The lowest BCUT2D eigenvalue weighted by atomic mass is 10.2. The van der Waals surface area contributed by atoms with Crippen molar-refractivity contribution in [2.75, 3.05) is 10.6 Å². The summed E-state index contributed by atoms with van der Waals surface area (Å²) in [6, 6.07) is 3.69. The fraction of sp³-hybridized carbons (Fsp3) is 0.167. The smallest absolute Gasteiger partial charge is 0.233 e. The Bertz CT molecular complexity index is 646. The molecule has 0 bridgehead atoms. The van der Waals surface area contributed by atoms with E-state index in [0.29, 0.717) is 17.9 Å². The number of anilines is 2. The van der Waals surface area contributed by atoms with Gasteiger partial charge in [0.15, 0.2) is 0 Å². The number of pyridine rings is 1. The third-order valence-corrected chi connectivity index (χ3v) is 3.24. The largest absolute Gasteiger partial charge is 0.368 e. The lowest BCUT2D eigenvalue weighted by Crippen LogP contribution is -2.26. The molecule has 2 N–H and O–H groups in total. The summed E-state index contributed by atoms with van der Waals surface area (Å²) in [5, 5.41) is 0.244. The van der Waals surface area contributed by atoms with Gasteiger partial charge in [0.05, 0.1) is 13.0 Å². The van der Waals surface area contributed by atoms with Crippen LogP contribution in [-0.4, -0.2) is 20.9 Å². The average molecular weight is 276 g/mol. The van der Waals surface area contributed by atoms with Gasteiger partial charge in [0.2, 0.25) is 11.9 Å². The third kappa shape index (κ3) is 2.10. The van der Waals surface area contributed by atoms with Crippen LogP contribution in [0.15, 0.2) is 24.5 Å². The Balaban J connectivity index is 1.99. The van der Waals surface area contributed by atoms with Gasteiger partial charge >= 0.3 is 0 Å². The van der Waals surface area contributed by atoms with Crippen LogP contribution in [0.25, 0.3) is 0 Å². The van der Waals surface area contributed by atoms with E-state index in [-0.39, 0.29) is 23.4 Å². The number of rotatable bonds is 2. The highest BCUT2D eigenvalue weighted by Gasteiger charge is 2.31. The minimum atomic E-state index is -0.0615. The molecule has 96 valence electrons.